The summed E-state index contributed by atoms with van der Waals surface area (Å²) in [6.45, 7) is 11.7. The van der Waals surface area contributed by atoms with Gasteiger partial charge in [-0.15, -0.1) is 24.0 Å². The Kier molecular flexibility index (Phi) is 11.5. The van der Waals surface area contributed by atoms with Crippen LogP contribution in [0.2, 0.25) is 0 Å². The van der Waals surface area contributed by atoms with E-state index in [4.69, 9.17) is 4.99 Å². The van der Waals surface area contributed by atoms with Gasteiger partial charge in [-0.3, -0.25) is 14.7 Å². The zero-order valence-electron chi connectivity index (χ0n) is 19.4. The molecular formula is C23H38FIN6O. The van der Waals surface area contributed by atoms with Crippen molar-refractivity contribution in [3.8, 4) is 0 Å². The fraction of sp³-hybridized carbons (Fsp3) is 0.652. The predicted octanol–water partition coefficient (Wildman–Crippen LogP) is 2.52. The highest BCUT2D eigenvalue weighted by Crippen LogP contribution is 2.20. The predicted molar refractivity (Wildman–Crippen MR) is 139 cm³/mol. The van der Waals surface area contributed by atoms with Gasteiger partial charge in [-0.2, -0.15) is 0 Å². The Balaban J connectivity index is 0.00000363. The summed E-state index contributed by atoms with van der Waals surface area (Å²) in [6, 6.07) is 7.28. The maximum atomic E-state index is 14.0. The number of benzene rings is 1. The Labute approximate surface area is 208 Å². The Morgan fingerprint density at radius 2 is 1.91 bits per heavy atom. The van der Waals surface area contributed by atoms with Crippen LogP contribution in [0, 0.1) is 5.82 Å². The lowest BCUT2D eigenvalue weighted by atomic mass is 10.2. The molecule has 0 saturated carbocycles. The van der Waals surface area contributed by atoms with Crippen LogP contribution < -0.4 is 15.5 Å². The third-order valence-electron chi connectivity index (χ3n) is 6.00. The van der Waals surface area contributed by atoms with E-state index in [9.17, 15) is 9.18 Å². The van der Waals surface area contributed by atoms with Crippen molar-refractivity contribution in [2.24, 2.45) is 4.99 Å². The average molecular weight is 561 g/mol. The molecule has 1 amide bonds. The number of hydrogen-bond donors (Lipinski definition) is 2. The lowest BCUT2D eigenvalue weighted by molar-refractivity contribution is -0.129. The van der Waals surface area contributed by atoms with Gasteiger partial charge in [0.25, 0.3) is 0 Å². The number of anilines is 1. The summed E-state index contributed by atoms with van der Waals surface area (Å²) >= 11 is 0. The number of nitrogens with one attached hydrogen (secondary N) is 2. The van der Waals surface area contributed by atoms with Gasteiger partial charge < -0.3 is 20.4 Å². The van der Waals surface area contributed by atoms with Crippen molar-refractivity contribution in [2.45, 2.75) is 39.2 Å². The van der Waals surface area contributed by atoms with E-state index in [0.717, 1.165) is 77.7 Å². The molecule has 0 aliphatic carbocycles. The van der Waals surface area contributed by atoms with Crippen LogP contribution in [0.1, 0.15) is 33.1 Å². The Morgan fingerprint density at radius 3 is 2.59 bits per heavy atom. The number of para-hydroxylation sites is 1. The molecule has 9 heteroatoms. The third-order valence-corrected chi connectivity index (χ3v) is 6.00. The van der Waals surface area contributed by atoms with Crippen LogP contribution in [0.25, 0.3) is 0 Å². The number of guanidine groups is 1. The molecule has 2 aliphatic heterocycles. The first kappa shape index (κ1) is 26.6. The van der Waals surface area contributed by atoms with Crippen LogP contribution in [0.5, 0.6) is 0 Å². The van der Waals surface area contributed by atoms with Gasteiger partial charge >= 0.3 is 0 Å². The van der Waals surface area contributed by atoms with Gasteiger partial charge in [-0.25, -0.2) is 4.39 Å². The molecule has 2 saturated heterocycles. The minimum Gasteiger partial charge on any atom is -0.367 e. The molecule has 2 heterocycles. The number of rotatable bonds is 8. The van der Waals surface area contributed by atoms with Gasteiger partial charge in [0.05, 0.1) is 5.69 Å². The first-order chi connectivity index (χ1) is 15.1. The molecular weight excluding hydrogens is 522 g/mol. The van der Waals surface area contributed by atoms with Crippen LogP contribution >= 0.6 is 24.0 Å². The molecule has 0 radical (unpaired) electrons. The first-order valence-corrected chi connectivity index (χ1v) is 11.6. The summed E-state index contributed by atoms with van der Waals surface area (Å²) in [5.41, 5.74) is 0.708. The number of nitrogens with zero attached hydrogens (tertiary/aromatic N) is 4. The van der Waals surface area contributed by atoms with E-state index in [2.05, 4.69) is 27.4 Å². The quantitative estimate of drug-likeness (QED) is 0.222. The van der Waals surface area contributed by atoms with Crippen molar-refractivity contribution >= 4 is 41.5 Å². The molecule has 2 aliphatic rings. The van der Waals surface area contributed by atoms with E-state index in [-0.39, 0.29) is 41.7 Å². The Hall–Kier alpha value is -1.62. The lowest BCUT2D eigenvalue weighted by Gasteiger charge is -2.36. The number of halogens is 2. The van der Waals surface area contributed by atoms with Crippen molar-refractivity contribution in [1.29, 1.82) is 0 Å². The fourth-order valence-electron chi connectivity index (χ4n) is 4.25. The van der Waals surface area contributed by atoms with E-state index in [1.807, 2.05) is 24.0 Å². The van der Waals surface area contributed by atoms with Crippen molar-refractivity contribution < 1.29 is 9.18 Å². The lowest BCUT2D eigenvalue weighted by Crippen LogP contribution is -2.47. The number of likely N-dealkylation sites (tertiary alicyclic amines) is 1. The molecule has 2 N–H and O–H groups in total. The van der Waals surface area contributed by atoms with Crippen molar-refractivity contribution in [1.82, 2.24) is 20.4 Å². The van der Waals surface area contributed by atoms with Gasteiger partial charge in [0, 0.05) is 71.4 Å². The fourth-order valence-corrected chi connectivity index (χ4v) is 4.25. The number of hydrogen-bond acceptors (Lipinski definition) is 4. The summed E-state index contributed by atoms with van der Waals surface area (Å²) < 4.78 is 14.0. The van der Waals surface area contributed by atoms with Crippen LogP contribution in [-0.4, -0.2) is 86.6 Å². The van der Waals surface area contributed by atoms with E-state index < -0.39 is 0 Å². The molecule has 7 nitrogen and oxygen atoms in total. The smallest absolute Gasteiger partial charge is 0.222 e. The van der Waals surface area contributed by atoms with Crippen molar-refractivity contribution in [2.75, 3.05) is 63.8 Å². The number of amides is 1. The van der Waals surface area contributed by atoms with Gasteiger partial charge in [0.1, 0.15) is 5.82 Å². The number of aliphatic imine (C=N–C) groups is 1. The van der Waals surface area contributed by atoms with Gasteiger partial charge in [-0.05, 0) is 31.9 Å². The zero-order valence-corrected chi connectivity index (χ0v) is 21.7. The number of piperazine rings is 1. The molecule has 0 bridgehead atoms. The molecule has 2 fully saturated rings. The highest BCUT2D eigenvalue weighted by atomic mass is 127. The Bertz CT molecular complexity index is 741. The highest BCUT2D eigenvalue weighted by molar-refractivity contribution is 14.0. The molecule has 1 atom stereocenters. The van der Waals surface area contributed by atoms with Gasteiger partial charge in [-0.1, -0.05) is 19.1 Å². The molecule has 32 heavy (non-hydrogen) atoms. The molecule has 1 aromatic rings. The van der Waals surface area contributed by atoms with E-state index in [1.54, 1.807) is 6.07 Å². The van der Waals surface area contributed by atoms with Crippen molar-refractivity contribution in [3.05, 3.63) is 30.1 Å². The topological polar surface area (TPSA) is 63.2 Å². The van der Waals surface area contributed by atoms with Crippen molar-refractivity contribution in [3.63, 3.8) is 0 Å². The Morgan fingerprint density at radius 1 is 1.16 bits per heavy atom. The van der Waals surface area contributed by atoms with Crippen LogP contribution in [0.3, 0.4) is 0 Å². The van der Waals surface area contributed by atoms with Crippen LogP contribution in [-0.2, 0) is 4.79 Å². The zero-order chi connectivity index (χ0) is 22.1. The molecule has 1 aromatic carbocycles. The minimum atomic E-state index is -0.141. The normalized spacial score (nSPS) is 19.6. The standard InChI is InChI=1S/C23H37FN6O.HI/c1-3-22(31)30-13-10-19(18-30)27-23(25-4-2)26-11-7-12-28-14-16-29(17-15-28)21-9-6-5-8-20(21)24;/h5-6,8-9,19H,3-4,7,10-18H2,1-2H3,(H2,25,26,27);1H. The maximum absolute atomic E-state index is 14.0. The third kappa shape index (κ3) is 7.75. The van der Waals surface area contributed by atoms with Crippen LogP contribution in [0.15, 0.2) is 29.3 Å². The second kappa shape index (κ2) is 13.8. The number of carbonyl (C=O) groups is 1. The summed E-state index contributed by atoms with van der Waals surface area (Å²) in [4.78, 5) is 23.1. The van der Waals surface area contributed by atoms with E-state index in [0.29, 0.717) is 12.1 Å². The summed E-state index contributed by atoms with van der Waals surface area (Å²) in [5.74, 6) is 0.919. The summed E-state index contributed by atoms with van der Waals surface area (Å²) in [6.07, 6.45) is 2.51. The second-order valence-electron chi connectivity index (χ2n) is 8.22. The minimum absolute atomic E-state index is 0. The molecule has 180 valence electrons. The van der Waals surface area contributed by atoms with Crippen LogP contribution in [0.4, 0.5) is 10.1 Å². The second-order valence-corrected chi connectivity index (χ2v) is 8.22. The highest BCUT2D eigenvalue weighted by Gasteiger charge is 2.25. The van der Waals surface area contributed by atoms with Gasteiger partial charge in [0.15, 0.2) is 5.96 Å². The molecule has 0 aromatic heterocycles. The monoisotopic (exact) mass is 560 g/mol. The first-order valence-electron chi connectivity index (χ1n) is 11.6. The SMILES string of the molecule is CCNC(=NCCCN1CCN(c2ccccc2F)CC1)NC1CCN(C(=O)CC)C1.I. The molecule has 3 rings (SSSR count). The largest absolute Gasteiger partial charge is 0.367 e. The van der Waals surface area contributed by atoms with Gasteiger partial charge in [0.2, 0.25) is 5.91 Å². The number of carbonyl (C=O) groups excluding carboxylic acids is 1. The summed E-state index contributed by atoms with van der Waals surface area (Å²) in [7, 11) is 0. The summed E-state index contributed by atoms with van der Waals surface area (Å²) in [5, 5.41) is 6.80. The van der Waals surface area contributed by atoms with E-state index >= 15 is 0 Å². The molecule has 1 unspecified atom stereocenters. The van der Waals surface area contributed by atoms with E-state index in [1.165, 1.54) is 6.07 Å². The maximum Gasteiger partial charge on any atom is 0.222 e. The average Bonchev–Trinajstić information content (AvgIpc) is 3.25. The molecule has 0 spiro atoms.